The standard InChI is InChI=1S/C27H36N6O5/c1-16(2)25-26(35)28-12-20-18(4)38-27(31-20)19-7-8-22(36-5)23(11-19)37-10-6-9-33(14-24(34)32-25)13-21-17(3)29-15-30-21/h7-8,11,15-16,25H,6,9-10,12-14H2,1-5H3,(H,28,35)(H,29,30)(H,32,34)/t25-/m0/s1. The zero-order chi connectivity index (χ0) is 27.2. The van der Waals surface area contributed by atoms with Gasteiger partial charge in [0.05, 0.1) is 38.8 Å². The van der Waals surface area contributed by atoms with Gasteiger partial charge in [-0.05, 0) is 44.4 Å². The van der Waals surface area contributed by atoms with Crippen LogP contribution in [0.15, 0.2) is 28.9 Å². The Hall–Kier alpha value is -3.86. The summed E-state index contributed by atoms with van der Waals surface area (Å²) >= 11 is 0. The van der Waals surface area contributed by atoms with Gasteiger partial charge in [-0.15, -0.1) is 0 Å². The lowest BCUT2D eigenvalue weighted by Crippen LogP contribution is -2.51. The van der Waals surface area contributed by atoms with E-state index in [1.807, 2.05) is 43.9 Å². The Bertz CT molecular complexity index is 1270. The van der Waals surface area contributed by atoms with Crippen molar-refractivity contribution in [2.24, 2.45) is 5.92 Å². The summed E-state index contributed by atoms with van der Waals surface area (Å²) < 4.78 is 17.5. The van der Waals surface area contributed by atoms with Crippen molar-refractivity contribution in [1.29, 1.82) is 0 Å². The fourth-order valence-electron chi connectivity index (χ4n) is 4.32. The van der Waals surface area contributed by atoms with Gasteiger partial charge in [0.1, 0.15) is 17.5 Å². The van der Waals surface area contributed by atoms with Gasteiger partial charge in [0.15, 0.2) is 11.5 Å². The van der Waals surface area contributed by atoms with Crippen LogP contribution in [0, 0.1) is 19.8 Å². The second-order valence-electron chi connectivity index (χ2n) is 9.78. The number of aromatic nitrogens is 3. The van der Waals surface area contributed by atoms with E-state index in [0.717, 1.165) is 17.0 Å². The van der Waals surface area contributed by atoms with Gasteiger partial charge in [-0.1, -0.05) is 13.8 Å². The number of methoxy groups -OCH3 is 1. The van der Waals surface area contributed by atoms with Crippen LogP contribution in [0.2, 0.25) is 0 Å². The van der Waals surface area contributed by atoms with Crippen LogP contribution in [-0.2, 0) is 22.7 Å². The minimum absolute atomic E-state index is 0.105. The lowest BCUT2D eigenvalue weighted by molar-refractivity contribution is -0.130. The van der Waals surface area contributed by atoms with E-state index in [2.05, 4.69) is 25.6 Å². The highest BCUT2D eigenvalue weighted by molar-refractivity contribution is 5.88. The molecule has 2 amide bonds. The number of carbonyl (C=O) groups is 2. The normalized spacial score (nSPS) is 17.8. The summed E-state index contributed by atoms with van der Waals surface area (Å²) in [5.41, 5.74) is 3.17. The molecule has 204 valence electrons. The largest absolute Gasteiger partial charge is 0.493 e. The Morgan fingerprint density at radius 3 is 2.76 bits per heavy atom. The van der Waals surface area contributed by atoms with E-state index in [4.69, 9.17) is 13.9 Å². The van der Waals surface area contributed by atoms with Crippen LogP contribution in [0.5, 0.6) is 11.5 Å². The van der Waals surface area contributed by atoms with E-state index in [1.165, 1.54) is 0 Å². The third kappa shape index (κ3) is 6.52. The van der Waals surface area contributed by atoms with E-state index >= 15 is 0 Å². The van der Waals surface area contributed by atoms with Gasteiger partial charge < -0.3 is 29.5 Å². The topological polar surface area (TPSA) is 135 Å². The number of H-pyrrole nitrogens is 1. The molecule has 1 aliphatic heterocycles. The maximum absolute atomic E-state index is 13.1. The third-order valence-electron chi connectivity index (χ3n) is 6.55. The molecule has 1 aliphatic rings. The fourth-order valence-corrected chi connectivity index (χ4v) is 4.32. The van der Waals surface area contributed by atoms with Gasteiger partial charge in [-0.3, -0.25) is 14.5 Å². The smallest absolute Gasteiger partial charge is 0.243 e. The predicted octanol–water partition coefficient (Wildman–Crippen LogP) is 2.73. The number of benzene rings is 1. The molecule has 3 N–H and O–H groups in total. The molecule has 11 nitrogen and oxygen atoms in total. The first kappa shape index (κ1) is 27.2. The maximum atomic E-state index is 13.1. The van der Waals surface area contributed by atoms with Crippen molar-refractivity contribution in [3.8, 4) is 23.0 Å². The molecule has 0 fully saturated rings. The number of nitrogens with one attached hydrogen (secondary N) is 3. The third-order valence-corrected chi connectivity index (χ3v) is 6.55. The first-order valence-corrected chi connectivity index (χ1v) is 12.8. The van der Waals surface area contributed by atoms with Gasteiger partial charge in [0.25, 0.3) is 0 Å². The molecule has 0 radical (unpaired) electrons. The summed E-state index contributed by atoms with van der Waals surface area (Å²) in [4.78, 5) is 40.2. The lowest BCUT2D eigenvalue weighted by atomic mass is 10.0. The summed E-state index contributed by atoms with van der Waals surface area (Å²) in [6, 6.07) is 4.82. The number of hydrogen-bond donors (Lipinski definition) is 3. The minimum atomic E-state index is -0.686. The number of hydrogen-bond acceptors (Lipinski definition) is 8. The number of amides is 2. The zero-order valence-electron chi connectivity index (χ0n) is 22.6. The van der Waals surface area contributed by atoms with Crippen molar-refractivity contribution >= 4 is 11.8 Å². The monoisotopic (exact) mass is 524 g/mol. The molecular formula is C27H36N6O5. The predicted molar refractivity (Wildman–Crippen MR) is 141 cm³/mol. The summed E-state index contributed by atoms with van der Waals surface area (Å²) in [5.74, 6) is 1.59. The van der Waals surface area contributed by atoms with E-state index in [0.29, 0.717) is 55.0 Å². The van der Waals surface area contributed by atoms with Gasteiger partial charge in [0.2, 0.25) is 17.7 Å². The molecule has 0 spiro atoms. The minimum Gasteiger partial charge on any atom is -0.493 e. The number of oxazole rings is 1. The number of aryl methyl sites for hydroxylation is 2. The van der Waals surface area contributed by atoms with Crippen LogP contribution in [-0.4, -0.2) is 64.5 Å². The molecule has 4 rings (SSSR count). The molecule has 0 saturated carbocycles. The highest BCUT2D eigenvalue weighted by atomic mass is 16.5. The average molecular weight is 525 g/mol. The summed E-state index contributed by atoms with van der Waals surface area (Å²) in [6.45, 7) is 9.34. The van der Waals surface area contributed by atoms with Crippen molar-refractivity contribution < 1.29 is 23.5 Å². The number of nitrogens with zero attached hydrogens (tertiary/aromatic N) is 3. The van der Waals surface area contributed by atoms with E-state index in [9.17, 15) is 9.59 Å². The molecular weight excluding hydrogens is 488 g/mol. The van der Waals surface area contributed by atoms with Gasteiger partial charge in [-0.25, -0.2) is 9.97 Å². The first-order chi connectivity index (χ1) is 18.2. The second kappa shape index (κ2) is 12.1. The molecule has 3 heterocycles. The molecule has 1 atom stereocenters. The molecule has 4 bridgehead atoms. The first-order valence-electron chi connectivity index (χ1n) is 12.8. The van der Waals surface area contributed by atoms with Crippen LogP contribution in [0.3, 0.4) is 0 Å². The van der Waals surface area contributed by atoms with Crippen molar-refractivity contribution in [1.82, 2.24) is 30.5 Å². The van der Waals surface area contributed by atoms with Gasteiger partial charge in [0, 0.05) is 24.3 Å². The Labute approximate surface area is 222 Å². The number of aromatic amines is 1. The molecule has 38 heavy (non-hydrogen) atoms. The highest BCUT2D eigenvalue weighted by Crippen LogP contribution is 2.33. The van der Waals surface area contributed by atoms with Crippen molar-refractivity contribution in [2.75, 3.05) is 26.8 Å². The van der Waals surface area contributed by atoms with Crippen LogP contribution in [0.4, 0.5) is 0 Å². The van der Waals surface area contributed by atoms with Crippen molar-refractivity contribution in [3.63, 3.8) is 0 Å². The Morgan fingerprint density at radius 1 is 1.24 bits per heavy atom. The lowest BCUT2D eigenvalue weighted by Gasteiger charge is -2.25. The van der Waals surface area contributed by atoms with Crippen LogP contribution < -0.4 is 20.1 Å². The quantitative estimate of drug-likeness (QED) is 0.474. The van der Waals surface area contributed by atoms with Crippen molar-refractivity contribution in [3.05, 3.63) is 47.4 Å². The Kier molecular flexibility index (Phi) is 8.67. The Morgan fingerprint density at radius 2 is 2.05 bits per heavy atom. The molecule has 0 aliphatic carbocycles. The molecule has 2 aromatic heterocycles. The average Bonchev–Trinajstić information content (AvgIpc) is 3.47. The number of fused-ring (bicyclic) bond motifs is 5. The molecule has 0 unspecified atom stereocenters. The number of ether oxygens (including phenoxy) is 2. The fraction of sp³-hybridized carbons (Fsp3) is 0.481. The second-order valence-corrected chi connectivity index (χ2v) is 9.78. The number of carbonyl (C=O) groups excluding carboxylic acids is 2. The zero-order valence-corrected chi connectivity index (χ0v) is 22.6. The van der Waals surface area contributed by atoms with Crippen LogP contribution >= 0.6 is 0 Å². The Balaban J connectivity index is 1.62. The maximum Gasteiger partial charge on any atom is 0.243 e. The molecule has 3 aromatic rings. The van der Waals surface area contributed by atoms with Gasteiger partial charge >= 0.3 is 0 Å². The number of imidazole rings is 1. The molecule has 0 saturated heterocycles. The molecule has 11 heteroatoms. The number of rotatable bonds is 4. The van der Waals surface area contributed by atoms with Crippen LogP contribution in [0.1, 0.15) is 43.1 Å². The summed E-state index contributed by atoms with van der Waals surface area (Å²) in [6.07, 6.45) is 2.30. The van der Waals surface area contributed by atoms with Crippen LogP contribution in [0.25, 0.3) is 11.5 Å². The highest BCUT2D eigenvalue weighted by Gasteiger charge is 2.26. The van der Waals surface area contributed by atoms with Gasteiger partial charge in [-0.2, -0.15) is 0 Å². The van der Waals surface area contributed by atoms with E-state index in [-0.39, 0.29) is 30.8 Å². The summed E-state index contributed by atoms with van der Waals surface area (Å²) in [5, 5.41) is 5.82. The summed E-state index contributed by atoms with van der Waals surface area (Å²) in [7, 11) is 1.59. The van der Waals surface area contributed by atoms with Crippen molar-refractivity contribution in [2.45, 2.75) is 53.2 Å². The van der Waals surface area contributed by atoms with E-state index in [1.54, 1.807) is 20.4 Å². The SMILES string of the molecule is COc1ccc2cc1OCCCN(Cc1nc[nH]c1C)CC(=O)N[C@@H](C(C)C)C(=O)NCc1nc-2oc1C. The molecule has 1 aromatic carbocycles. The van der Waals surface area contributed by atoms with E-state index < -0.39 is 6.04 Å².